The van der Waals surface area contributed by atoms with Crippen LogP contribution in [0.3, 0.4) is 0 Å². The zero-order valence-electron chi connectivity index (χ0n) is 12.6. The standard InChI is InChI=1S/C15H32N2O/c1-4-18-11-5-8-17-9-6-15(7-10-17)13-16-12-14(2)3/h14-16H,4-13H2,1-3H3. The maximum absolute atomic E-state index is 5.38. The van der Waals surface area contributed by atoms with Crippen LogP contribution in [0, 0.1) is 11.8 Å². The lowest BCUT2D eigenvalue weighted by Crippen LogP contribution is -2.38. The third-order valence-corrected chi connectivity index (χ3v) is 3.66. The van der Waals surface area contributed by atoms with Crippen molar-refractivity contribution in [2.24, 2.45) is 11.8 Å². The van der Waals surface area contributed by atoms with Gasteiger partial charge in [-0.05, 0) is 64.2 Å². The summed E-state index contributed by atoms with van der Waals surface area (Å²) in [7, 11) is 0. The first-order valence-electron chi connectivity index (χ1n) is 7.73. The highest BCUT2D eigenvalue weighted by Crippen LogP contribution is 2.16. The summed E-state index contributed by atoms with van der Waals surface area (Å²) in [5, 5.41) is 3.59. The van der Waals surface area contributed by atoms with Gasteiger partial charge >= 0.3 is 0 Å². The van der Waals surface area contributed by atoms with Crippen LogP contribution >= 0.6 is 0 Å². The van der Waals surface area contributed by atoms with Gasteiger partial charge in [0.1, 0.15) is 0 Å². The maximum Gasteiger partial charge on any atom is 0.0478 e. The van der Waals surface area contributed by atoms with Crippen molar-refractivity contribution >= 4 is 0 Å². The first kappa shape index (κ1) is 15.9. The Hall–Kier alpha value is -0.120. The maximum atomic E-state index is 5.38. The van der Waals surface area contributed by atoms with E-state index in [-0.39, 0.29) is 0 Å². The molecule has 1 aliphatic heterocycles. The van der Waals surface area contributed by atoms with E-state index >= 15 is 0 Å². The molecule has 0 amide bonds. The molecular weight excluding hydrogens is 224 g/mol. The zero-order chi connectivity index (χ0) is 13.2. The van der Waals surface area contributed by atoms with Crippen molar-refractivity contribution in [3.8, 4) is 0 Å². The van der Waals surface area contributed by atoms with Crippen LogP contribution in [0.15, 0.2) is 0 Å². The summed E-state index contributed by atoms with van der Waals surface area (Å²) < 4.78 is 5.38. The highest BCUT2D eigenvalue weighted by atomic mass is 16.5. The fourth-order valence-electron chi connectivity index (χ4n) is 2.52. The van der Waals surface area contributed by atoms with Crippen LogP contribution in [-0.2, 0) is 4.74 Å². The SMILES string of the molecule is CCOCCCN1CCC(CNCC(C)C)CC1. The van der Waals surface area contributed by atoms with E-state index in [0.29, 0.717) is 0 Å². The van der Waals surface area contributed by atoms with Crippen molar-refractivity contribution < 1.29 is 4.74 Å². The van der Waals surface area contributed by atoms with Gasteiger partial charge in [-0.25, -0.2) is 0 Å². The molecule has 3 heteroatoms. The van der Waals surface area contributed by atoms with Crippen LogP contribution in [0.5, 0.6) is 0 Å². The summed E-state index contributed by atoms with van der Waals surface area (Å²) >= 11 is 0. The number of hydrogen-bond acceptors (Lipinski definition) is 3. The molecule has 0 aromatic carbocycles. The molecule has 0 aliphatic carbocycles. The van der Waals surface area contributed by atoms with E-state index in [1.807, 2.05) is 0 Å². The van der Waals surface area contributed by atoms with E-state index in [0.717, 1.165) is 31.6 Å². The molecule has 1 fully saturated rings. The second-order valence-corrected chi connectivity index (χ2v) is 5.89. The fourth-order valence-corrected chi connectivity index (χ4v) is 2.52. The molecule has 1 rings (SSSR count). The first-order valence-corrected chi connectivity index (χ1v) is 7.73. The molecule has 18 heavy (non-hydrogen) atoms. The molecule has 0 radical (unpaired) electrons. The highest BCUT2D eigenvalue weighted by Gasteiger charge is 2.18. The lowest BCUT2D eigenvalue weighted by Gasteiger charge is -2.32. The lowest BCUT2D eigenvalue weighted by molar-refractivity contribution is 0.120. The molecular formula is C15H32N2O. The lowest BCUT2D eigenvalue weighted by atomic mass is 9.96. The normalized spacial score (nSPS) is 18.7. The van der Waals surface area contributed by atoms with Crippen LogP contribution < -0.4 is 5.32 Å². The average molecular weight is 256 g/mol. The number of nitrogens with one attached hydrogen (secondary N) is 1. The summed E-state index contributed by atoms with van der Waals surface area (Å²) in [6.07, 6.45) is 3.91. The Morgan fingerprint density at radius 1 is 1.28 bits per heavy atom. The third-order valence-electron chi connectivity index (χ3n) is 3.66. The van der Waals surface area contributed by atoms with Crippen molar-refractivity contribution in [3.05, 3.63) is 0 Å². The number of likely N-dealkylation sites (tertiary alicyclic amines) is 1. The Bertz CT molecular complexity index is 189. The number of nitrogens with zero attached hydrogens (tertiary/aromatic N) is 1. The van der Waals surface area contributed by atoms with Crippen molar-refractivity contribution in [1.29, 1.82) is 0 Å². The Morgan fingerprint density at radius 3 is 2.61 bits per heavy atom. The van der Waals surface area contributed by atoms with E-state index in [4.69, 9.17) is 4.74 Å². The van der Waals surface area contributed by atoms with Gasteiger partial charge in [0.05, 0.1) is 0 Å². The van der Waals surface area contributed by atoms with Gasteiger partial charge < -0.3 is 15.0 Å². The summed E-state index contributed by atoms with van der Waals surface area (Å²) in [4.78, 5) is 2.60. The molecule has 1 heterocycles. The molecule has 0 aromatic rings. The molecule has 0 aromatic heterocycles. The van der Waals surface area contributed by atoms with Gasteiger partial charge in [0.2, 0.25) is 0 Å². The van der Waals surface area contributed by atoms with E-state index in [1.165, 1.54) is 45.4 Å². The van der Waals surface area contributed by atoms with Gasteiger partial charge in [0, 0.05) is 19.8 Å². The number of rotatable bonds is 9. The molecule has 1 saturated heterocycles. The minimum atomic E-state index is 0.767. The van der Waals surface area contributed by atoms with Gasteiger partial charge in [0.15, 0.2) is 0 Å². The Morgan fingerprint density at radius 2 is 2.00 bits per heavy atom. The summed E-state index contributed by atoms with van der Waals surface area (Å²) in [5.41, 5.74) is 0. The molecule has 108 valence electrons. The van der Waals surface area contributed by atoms with Crippen molar-refractivity contribution in [2.75, 3.05) is 45.9 Å². The smallest absolute Gasteiger partial charge is 0.0478 e. The Labute approximate surface area is 113 Å². The molecule has 3 nitrogen and oxygen atoms in total. The van der Waals surface area contributed by atoms with Crippen molar-refractivity contribution in [2.45, 2.75) is 40.0 Å². The van der Waals surface area contributed by atoms with Crippen LogP contribution in [0.2, 0.25) is 0 Å². The van der Waals surface area contributed by atoms with Crippen LogP contribution in [-0.4, -0.2) is 50.8 Å². The molecule has 1 aliphatic rings. The van der Waals surface area contributed by atoms with Crippen LogP contribution in [0.1, 0.15) is 40.0 Å². The minimum Gasteiger partial charge on any atom is -0.382 e. The highest BCUT2D eigenvalue weighted by molar-refractivity contribution is 4.74. The first-order chi connectivity index (χ1) is 8.72. The topological polar surface area (TPSA) is 24.5 Å². The minimum absolute atomic E-state index is 0.767. The summed E-state index contributed by atoms with van der Waals surface area (Å²) in [6, 6.07) is 0. The van der Waals surface area contributed by atoms with Gasteiger partial charge in [-0.15, -0.1) is 0 Å². The molecule has 0 saturated carbocycles. The van der Waals surface area contributed by atoms with Crippen molar-refractivity contribution in [1.82, 2.24) is 10.2 Å². The number of hydrogen-bond donors (Lipinski definition) is 1. The quantitative estimate of drug-likeness (QED) is 0.641. The van der Waals surface area contributed by atoms with E-state index in [9.17, 15) is 0 Å². The molecule has 0 atom stereocenters. The molecule has 0 bridgehead atoms. The van der Waals surface area contributed by atoms with E-state index in [2.05, 4.69) is 31.0 Å². The number of piperidine rings is 1. The number of ether oxygens (including phenoxy) is 1. The Kier molecular flexibility index (Phi) is 8.64. The van der Waals surface area contributed by atoms with Gasteiger partial charge in [-0.3, -0.25) is 0 Å². The molecule has 0 unspecified atom stereocenters. The second kappa shape index (κ2) is 9.76. The van der Waals surface area contributed by atoms with Crippen LogP contribution in [0.25, 0.3) is 0 Å². The zero-order valence-corrected chi connectivity index (χ0v) is 12.6. The average Bonchev–Trinajstić information content (AvgIpc) is 2.36. The fraction of sp³-hybridized carbons (Fsp3) is 1.00. The van der Waals surface area contributed by atoms with E-state index in [1.54, 1.807) is 0 Å². The Balaban J connectivity index is 1.98. The second-order valence-electron chi connectivity index (χ2n) is 5.89. The summed E-state index contributed by atoms with van der Waals surface area (Å²) in [5.74, 6) is 1.66. The van der Waals surface area contributed by atoms with Gasteiger partial charge in [-0.2, -0.15) is 0 Å². The monoisotopic (exact) mass is 256 g/mol. The van der Waals surface area contributed by atoms with E-state index < -0.39 is 0 Å². The van der Waals surface area contributed by atoms with Crippen LogP contribution in [0.4, 0.5) is 0 Å². The predicted molar refractivity (Wildman–Crippen MR) is 78.0 cm³/mol. The van der Waals surface area contributed by atoms with Gasteiger partial charge in [0.25, 0.3) is 0 Å². The van der Waals surface area contributed by atoms with Gasteiger partial charge in [-0.1, -0.05) is 13.8 Å². The largest absolute Gasteiger partial charge is 0.382 e. The predicted octanol–water partition coefficient (Wildman–Crippen LogP) is 2.37. The summed E-state index contributed by atoms with van der Waals surface area (Å²) in [6.45, 7) is 14.5. The molecule has 0 spiro atoms. The molecule has 1 N–H and O–H groups in total. The van der Waals surface area contributed by atoms with Crippen molar-refractivity contribution in [3.63, 3.8) is 0 Å². The third kappa shape index (κ3) is 7.34.